The molecular formula is C14H8Cl2F4O. The monoisotopic (exact) mass is 338 g/mol. The molecule has 0 saturated heterocycles. The largest absolute Gasteiger partial charge is 0.457 e. The van der Waals surface area contributed by atoms with E-state index in [0.29, 0.717) is 5.56 Å². The minimum Gasteiger partial charge on any atom is -0.457 e. The third-order valence-electron chi connectivity index (χ3n) is 2.62. The van der Waals surface area contributed by atoms with Gasteiger partial charge in [-0.15, -0.1) is 11.6 Å². The third-order valence-corrected chi connectivity index (χ3v) is 3.22. The molecule has 21 heavy (non-hydrogen) atoms. The second-order valence-corrected chi connectivity index (χ2v) is 4.81. The molecule has 7 heteroatoms. The van der Waals surface area contributed by atoms with Crippen LogP contribution >= 0.6 is 23.2 Å². The molecule has 0 heterocycles. The van der Waals surface area contributed by atoms with Gasteiger partial charge in [-0.1, -0.05) is 17.7 Å². The van der Waals surface area contributed by atoms with Gasteiger partial charge < -0.3 is 4.74 Å². The summed E-state index contributed by atoms with van der Waals surface area (Å²) < 4.78 is 57.2. The maximum atomic E-state index is 13.0. The van der Waals surface area contributed by atoms with E-state index >= 15 is 0 Å². The van der Waals surface area contributed by atoms with E-state index in [1.807, 2.05) is 0 Å². The predicted molar refractivity (Wildman–Crippen MR) is 72.5 cm³/mol. The van der Waals surface area contributed by atoms with Crippen LogP contribution in [0.5, 0.6) is 11.5 Å². The fraction of sp³-hybridized carbons (Fsp3) is 0.143. The van der Waals surface area contributed by atoms with Crippen LogP contribution in [0.2, 0.25) is 5.02 Å². The summed E-state index contributed by atoms with van der Waals surface area (Å²) in [5.41, 5.74) is -0.644. The van der Waals surface area contributed by atoms with Crippen molar-refractivity contribution in [2.45, 2.75) is 12.1 Å². The zero-order valence-electron chi connectivity index (χ0n) is 10.3. The molecule has 1 nitrogen and oxygen atoms in total. The van der Waals surface area contributed by atoms with Gasteiger partial charge in [-0.25, -0.2) is 4.39 Å². The van der Waals surface area contributed by atoms with E-state index < -0.39 is 23.3 Å². The van der Waals surface area contributed by atoms with E-state index in [1.165, 1.54) is 12.1 Å². The van der Waals surface area contributed by atoms with Crippen LogP contribution < -0.4 is 4.74 Å². The summed E-state index contributed by atoms with van der Waals surface area (Å²) in [7, 11) is 0. The number of hydrogen-bond donors (Lipinski definition) is 0. The first-order chi connectivity index (χ1) is 9.81. The minimum absolute atomic E-state index is 0.00511. The van der Waals surface area contributed by atoms with Gasteiger partial charge in [-0.3, -0.25) is 0 Å². The Hall–Kier alpha value is -1.46. The number of rotatable bonds is 3. The van der Waals surface area contributed by atoms with E-state index in [-0.39, 0.29) is 16.7 Å². The van der Waals surface area contributed by atoms with E-state index in [0.717, 1.165) is 24.3 Å². The first-order valence-corrected chi connectivity index (χ1v) is 6.61. The molecule has 2 aromatic rings. The zero-order chi connectivity index (χ0) is 15.6. The number of halogens is 6. The van der Waals surface area contributed by atoms with Crippen LogP contribution in [0.25, 0.3) is 0 Å². The van der Waals surface area contributed by atoms with Gasteiger partial charge in [0, 0.05) is 11.9 Å². The lowest BCUT2D eigenvalue weighted by Gasteiger charge is -2.15. The first kappa shape index (κ1) is 15.9. The quantitative estimate of drug-likeness (QED) is 0.490. The SMILES string of the molecule is Fc1ccc(Oc2ccc(CCl)cc2C(F)(F)F)cc1Cl. The van der Waals surface area contributed by atoms with Crippen molar-refractivity contribution in [1.29, 1.82) is 0 Å². The molecule has 0 unspecified atom stereocenters. The highest BCUT2D eigenvalue weighted by Crippen LogP contribution is 2.39. The summed E-state index contributed by atoms with van der Waals surface area (Å²) in [5.74, 6) is -1.13. The number of benzene rings is 2. The number of alkyl halides is 4. The van der Waals surface area contributed by atoms with Gasteiger partial charge in [0.25, 0.3) is 0 Å². The van der Waals surface area contributed by atoms with Crippen LogP contribution in [-0.4, -0.2) is 0 Å². The molecule has 0 saturated carbocycles. The first-order valence-electron chi connectivity index (χ1n) is 5.70. The van der Waals surface area contributed by atoms with E-state index in [4.69, 9.17) is 27.9 Å². The van der Waals surface area contributed by atoms with Gasteiger partial charge in [-0.2, -0.15) is 13.2 Å². The van der Waals surface area contributed by atoms with Gasteiger partial charge in [0.05, 0.1) is 10.6 Å². The van der Waals surface area contributed by atoms with Crippen molar-refractivity contribution in [3.63, 3.8) is 0 Å². The molecule has 0 aliphatic carbocycles. The van der Waals surface area contributed by atoms with Gasteiger partial charge in [0.15, 0.2) is 0 Å². The average Bonchev–Trinajstić information content (AvgIpc) is 2.42. The molecule has 0 radical (unpaired) electrons. The van der Waals surface area contributed by atoms with Crippen molar-refractivity contribution in [3.8, 4) is 11.5 Å². The molecule has 2 aromatic carbocycles. The maximum absolute atomic E-state index is 13.0. The molecule has 0 spiro atoms. The summed E-state index contributed by atoms with van der Waals surface area (Å²) in [5, 5.41) is -0.238. The summed E-state index contributed by atoms with van der Waals surface area (Å²) in [6, 6.07) is 6.80. The highest BCUT2D eigenvalue weighted by molar-refractivity contribution is 6.30. The van der Waals surface area contributed by atoms with E-state index in [2.05, 4.69) is 0 Å². The fourth-order valence-electron chi connectivity index (χ4n) is 1.64. The molecule has 0 bridgehead atoms. The Morgan fingerprint density at radius 3 is 2.33 bits per heavy atom. The van der Waals surface area contributed by atoms with Gasteiger partial charge in [0.2, 0.25) is 0 Å². The summed E-state index contributed by atoms with van der Waals surface area (Å²) in [4.78, 5) is 0. The van der Waals surface area contributed by atoms with Crippen LogP contribution in [0.3, 0.4) is 0 Å². The Bertz CT molecular complexity index is 656. The molecule has 0 amide bonds. The number of ether oxygens (including phenoxy) is 1. The van der Waals surface area contributed by atoms with Crippen LogP contribution in [-0.2, 0) is 12.1 Å². The molecule has 0 aromatic heterocycles. The molecule has 2 rings (SSSR count). The normalized spacial score (nSPS) is 11.5. The topological polar surface area (TPSA) is 9.23 Å². The van der Waals surface area contributed by atoms with Crippen LogP contribution in [0.15, 0.2) is 36.4 Å². The van der Waals surface area contributed by atoms with Crippen molar-refractivity contribution in [3.05, 3.63) is 58.4 Å². The zero-order valence-corrected chi connectivity index (χ0v) is 11.9. The Balaban J connectivity index is 2.41. The molecule has 0 atom stereocenters. The lowest BCUT2D eigenvalue weighted by molar-refractivity contribution is -0.138. The third kappa shape index (κ3) is 3.80. The van der Waals surface area contributed by atoms with Crippen LogP contribution in [0, 0.1) is 5.82 Å². The lowest BCUT2D eigenvalue weighted by Crippen LogP contribution is -2.07. The molecule has 0 aliphatic heterocycles. The summed E-state index contributed by atoms with van der Waals surface area (Å²) in [6.07, 6.45) is -4.60. The number of hydrogen-bond acceptors (Lipinski definition) is 1. The predicted octanol–water partition coefficient (Wildman–Crippen LogP) is 6.03. The molecule has 0 fully saturated rings. The Morgan fingerprint density at radius 1 is 1.05 bits per heavy atom. The Morgan fingerprint density at radius 2 is 1.76 bits per heavy atom. The second-order valence-electron chi connectivity index (χ2n) is 4.14. The molecule has 112 valence electrons. The highest BCUT2D eigenvalue weighted by Gasteiger charge is 2.34. The van der Waals surface area contributed by atoms with Crippen molar-refractivity contribution < 1.29 is 22.3 Å². The minimum atomic E-state index is -4.60. The van der Waals surface area contributed by atoms with E-state index in [1.54, 1.807) is 0 Å². The summed E-state index contributed by atoms with van der Waals surface area (Å²) in [6.45, 7) is 0. The van der Waals surface area contributed by atoms with Crippen molar-refractivity contribution in [2.24, 2.45) is 0 Å². The van der Waals surface area contributed by atoms with Crippen LogP contribution in [0.1, 0.15) is 11.1 Å². The standard InChI is InChI=1S/C14H8Cl2F4O/c15-7-8-1-4-13(10(5-8)14(18,19)20)21-9-2-3-12(17)11(16)6-9/h1-6H,7H2. The van der Waals surface area contributed by atoms with Gasteiger partial charge in [0.1, 0.15) is 17.3 Å². The van der Waals surface area contributed by atoms with Crippen molar-refractivity contribution >= 4 is 23.2 Å². The molecule has 0 aliphatic rings. The molecule has 0 N–H and O–H groups in total. The Kier molecular flexibility index (Phi) is 4.64. The smallest absolute Gasteiger partial charge is 0.419 e. The highest BCUT2D eigenvalue weighted by atomic mass is 35.5. The Labute approximate surface area is 128 Å². The fourth-order valence-corrected chi connectivity index (χ4v) is 1.97. The van der Waals surface area contributed by atoms with Gasteiger partial charge in [-0.05, 0) is 29.8 Å². The van der Waals surface area contributed by atoms with Crippen molar-refractivity contribution in [2.75, 3.05) is 0 Å². The van der Waals surface area contributed by atoms with Crippen LogP contribution in [0.4, 0.5) is 17.6 Å². The second kappa shape index (κ2) is 6.12. The average molecular weight is 339 g/mol. The summed E-state index contributed by atoms with van der Waals surface area (Å²) >= 11 is 11.1. The van der Waals surface area contributed by atoms with Gasteiger partial charge >= 0.3 is 6.18 Å². The molecular weight excluding hydrogens is 331 g/mol. The van der Waals surface area contributed by atoms with E-state index in [9.17, 15) is 17.6 Å². The van der Waals surface area contributed by atoms with Crippen molar-refractivity contribution in [1.82, 2.24) is 0 Å². The lowest BCUT2D eigenvalue weighted by atomic mass is 10.1. The maximum Gasteiger partial charge on any atom is 0.419 e.